The number of nitrogens with one attached hydrogen (secondary N) is 1. The summed E-state index contributed by atoms with van der Waals surface area (Å²) in [5.74, 6) is -0.209. The number of hydrogen-bond acceptors (Lipinski definition) is 3. The molecule has 0 amide bonds. The lowest BCUT2D eigenvalue weighted by atomic mass is 10.1. The maximum atomic E-state index is 13.1. The van der Waals surface area contributed by atoms with E-state index in [0.29, 0.717) is 6.42 Å². The van der Waals surface area contributed by atoms with Crippen LogP contribution in [0.15, 0.2) is 24.3 Å². The van der Waals surface area contributed by atoms with Gasteiger partial charge < -0.3 is 15.3 Å². The van der Waals surface area contributed by atoms with Gasteiger partial charge in [-0.25, -0.2) is 4.39 Å². The van der Waals surface area contributed by atoms with Crippen LogP contribution in [0, 0.1) is 5.82 Å². The molecule has 0 aliphatic carbocycles. The summed E-state index contributed by atoms with van der Waals surface area (Å²) in [6.07, 6.45) is 0.712. The third-order valence-corrected chi connectivity index (χ3v) is 2.95. The SMILES string of the molecule is OCCC1CNCCN1c1cccc(F)c1. The van der Waals surface area contributed by atoms with Gasteiger partial charge in [-0.3, -0.25) is 0 Å². The summed E-state index contributed by atoms with van der Waals surface area (Å²) in [6.45, 7) is 2.77. The molecule has 1 saturated heterocycles. The quantitative estimate of drug-likeness (QED) is 0.803. The summed E-state index contributed by atoms with van der Waals surface area (Å²) >= 11 is 0. The highest BCUT2D eigenvalue weighted by Gasteiger charge is 2.21. The summed E-state index contributed by atoms with van der Waals surface area (Å²) in [6, 6.07) is 6.89. The molecule has 1 aliphatic rings. The molecule has 1 aromatic rings. The van der Waals surface area contributed by atoms with Crippen LogP contribution in [0.4, 0.5) is 10.1 Å². The van der Waals surface area contributed by atoms with Crippen LogP contribution in [-0.4, -0.2) is 37.4 Å². The van der Waals surface area contributed by atoms with E-state index in [2.05, 4.69) is 10.2 Å². The molecular formula is C12H17FN2O. The minimum absolute atomic E-state index is 0.165. The second-order valence-corrected chi connectivity index (χ2v) is 4.04. The van der Waals surface area contributed by atoms with Crippen molar-refractivity contribution in [3.05, 3.63) is 30.1 Å². The number of aliphatic hydroxyl groups is 1. The number of nitrogens with zero attached hydrogens (tertiary/aromatic N) is 1. The molecule has 1 unspecified atom stereocenters. The standard InChI is InChI=1S/C12H17FN2O/c13-10-2-1-3-11(8-10)15-6-5-14-9-12(15)4-7-16/h1-3,8,12,14,16H,4-7,9H2. The predicted octanol–water partition coefficient (Wildman–Crippen LogP) is 0.986. The fraction of sp³-hybridized carbons (Fsp3) is 0.500. The highest BCUT2D eigenvalue weighted by molar-refractivity contribution is 5.48. The van der Waals surface area contributed by atoms with Crippen LogP contribution in [-0.2, 0) is 0 Å². The molecule has 0 bridgehead atoms. The molecule has 3 nitrogen and oxygen atoms in total. The number of rotatable bonds is 3. The van der Waals surface area contributed by atoms with E-state index in [1.54, 1.807) is 12.1 Å². The second kappa shape index (κ2) is 5.27. The third-order valence-electron chi connectivity index (χ3n) is 2.95. The number of benzene rings is 1. The Morgan fingerprint density at radius 3 is 3.12 bits per heavy atom. The first-order chi connectivity index (χ1) is 7.81. The van der Waals surface area contributed by atoms with Gasteiger partial charge in [0.05, 0.1) is 0 Å². The van der Waals surface area contributed by atoms with Gasteiger partial charge in [0, 0.05) is 38.0 Å². The van der Waals surface area contributed by atoms with E-state index in [1.165, 1.54) is 6.07 Å². The molecular weight excluding hydrogens is 207 g/mol. The molecule has 0 radical (unpaired) electrons. The van der Waals surface area contributed by atoms with Gasteiger partial charge in [0.25, 0.3) is 0 Å². The Bertz CT molecular complexity index is 344. The lowest BCUT2D eigenvalue weighted by Crippen LogP contribution is -2.51. The Balaban J connectivity index is 2.16. The van der Waals surface area contributed by atoms with Crippen LogP contribution in [0.3, 0.4) is 0 Å². The molecule has 1 atom stereocenters. The molecule has 1 fully saturated rings. The van der Waals surface area contributed by atoms with Gasteiger partial charge in [-0.1, -0.05) is 6.07 Å². The van der Waals surface area contributed by atoms with Gasteiger partial charge >= 0.3 is 0 Å². The average Bonchev–Trinajstić information content (AvgIpc) is 2.30. The van der Waals surface area contributed by atoms with Crippen molar-refractivity contribution in [2.75, 3.05) is 31.1 Å². The summed E-state index contributed by atoms with van der Waals surface area (Å²) in [4.78, 5) is 2.16. The Morgan fingerprint density at radius 1 is 1.50 bits per heavy atom. The van der Waals surface area contributed by atoms with Crippen LogP contribution in [0.25, 0.3) is 0 Å². The Hall–Kier alpha value is -1.13. The zero-order valence-corrected chi connectivity index (χ0v) is 9.19. The summed E-state index contributed by atoms with van der Waals surface area (Å²) in [7, 11) is 0. The largest absolute Gasteiger partial charge is 0.396 e. The van der Waals surface area contributed by atoms with Crippen molar-refractivity contribution in [1.82, 2.24) is 5.32 Å². The number of piperazine rings is 1. The maximum Gasteiger partial charge on any atom is 0.125 e. The van der Waals surface area contributed by atoms with E-state index in [1.807, 2.05) is 6.07 Å². The molecule has 0 saturated carbocycles. The van der Waals surface area contributed by atoms with E-state index in [-0.39, 0.29) is 18.5 Å². The molecule has 1 heterocycles. The zero-order valence-electron chi connectivity index (χ0n) is 9.19. The summed E-state index contributed by atoms with van der Waals surface area (Å²) < 4.78 is 13.1. The van der Waals surface area contributed by atoms with Crippen LogP contribution in [0.5, 0.6) is 0 Å². The minimum atomic E-state index is -0.209. The highest BCUT2D eigenvalue weighted by Crippen LogP contribution is 2.20. The first kappa shape index (κ1) is 11.4. The molecule has 0 aromatic heterocycles. The summed E-state index contributed by atoms with van der Waals surface area (Å²) in [5, 5.41) is 12.3. The average molecular weight is 224 g/mol. The molecule has 1 aromatic carbocycles. The fourth-order valence-electron chi connectivity index (χ4n) is 2.16. The van der Waals surface area contributed by atoms with Crippen molar-refractivity contribution in [3.8, 4) is 0 Å². The van der Waals surface area contributed by atoms with E-state index in [9.17, 15) is 4.39 Å². The van der Waals surface area contributed by atoms with Crippen molar-refractivity contribution in [2.45, 2.75) is 12.5 Å². The van der Waals surface area contributed by atoms with E-state index in [0.717, 1.165) is 25.3 Å². The van der Waals surface area contributed by atoms with Gasteiger partial charge in [0.1, 0.15) is 5.82 Å². The van der Waals surface area contributed by atoms with Crippen LogP contribution < -0.4 is 10.2 Å². The molecule has 1 aliphatic heterocycles. The minimum Gasteiger partial charge on any atom is -0.396 e. The Morgan fingerprint density at radius 2 is 2.38 bits per heavy atom. The molecule has 0 spiro atoms. The van der Waals surface area contributed by atoms with Crippen LogP contribution in [0.1, 0.15) is 6.42 Å². The van der Waals surface area contributed by atoms with Crippen molar-refractivity contribution >= 4 is 5.69 Å². The van der Waals surface area contributed by atoms with Gasteiger partial charge in [0.2, 0.25) is 0 Å². The molecule has 88 valence electrons. The van der Waals surface area contributed by atoms with Gasteiger partial charge in [0.15, 0.2) is 0 Å². The first-order valence-corrected chi connectivity index (χ1v) is 5.65. The van der Waals surface area contributed by atoms with Gasteiger partial charge in [-0.05, 0) is 24.6 Å². The van der Waals surface area contributed by atoms with Crippen molar-refractivity contribution in [2.24, 2.45) is 0 Å². The van der Waals surface area contributed by atoms with Crippen molar-refractivity contribution in [1.29, 1.82) is 0 Å². The lowest BCUT2D eigenvalue weighted by molar-refractivity contribution is 0.266. The van der Waals surface area contributed by atoms with Gasteiger partial charge in [-0.15, -0.1) is 0 Å². The van der Waals surface area contributed by atoms with Crippen LogP contribution in [0.2, 0.25) is 0 Å². The highest BCUT2D eigenvalue weighted by atomic mass is 19.1. The second-order valence-electron chi connectivity index (χ2n) is 4.04. The smallest absolute Gasteiger partial charge is 0.125 e. The number of anilines is 1. The van der Waals surface area contributed by atoms with E-state index < -0.39 is 0 Å². The van der Waals surface area contributed by atoms with Crippen molar-refractivity contribution < 1.29 is 9.50 Å². The first-order valence-electron chi connectivity index (χ1n) is 5.65. The Kier molecular flexibility index (Phi) is 3.74. The predicted molar refractivity (Wildman–Crippen MR) is 62.1 cm³/mol. The number of halogens is 1. The Labute approximate surface area is 94.9 Å². The molecule has 2 N–H and O–H groups in total. The fourth-order valence-corrected chi connectivity index (χ4v) is 2.16. The van der Waals surface area contributed by atoms with E-state index >= 15 is 0 Å². The van der Waals surface area contributed by atoms with E-state index in [4.69, 9.17) is 5.11 Å². The number of aliphatic hydroxyl groups excluding tert-OH is 1. The van der Waals surface area contributed by atoms with Crippen molar-refractivity contribution in [3.63, 3.8) is 0 Å². The molecule has 4 heteroatoms. The monoisotopic (exact) mass is 224 g/mol. The lowest BCUT2D eigenvalue weighted by Gasteiger charge is -2.37. The summed E-state index contributed by atoms with van der Waals surface area (Å²) in [5.41, 5.74) is 0.903. The zero-order chi connectivity index (χ0) is 11.4. The van der Waals surface area contributed by atoms with Crippen LogP contribution >= 0.6 is 0 Å². The molecule has 16 heavy (non-hydrogen) atoms. The molecule has 2 rings (SSSR count). The topological polar surface area (TPSA) is 35.5 Å². The number of hydrogen-bond donors (Lipinski definition) is 2. The van der Waals surface area contributed by atoms with Gasteiger partial charge in [-0.2, -0.15) is 0 Å². The maximum absolute atomic E-state index is 13.1. The normalized spacial score (nSPS) is 21.1. The third kappa shape index (κ3) is 2.51.